The van der Waals surface area contributed by atoms with Crippen LogP contribution in [0.1, 0.15) is 29.5 Å². The first-order valence-electron chi connectivity index (χ1n) is 6.97. The summed E-state index contributed by atoms with van der Waals surface area (Å²) in [5, 5.41) is 0. The highest BCUT2D eigenvalue weighted by Gasteiger charge is 2.27. The van der Waals surface area contributed by atoms with E-state index in [-0.39, 0.29) is 12.0 Å². The highest BCUT2D eigenvalue weighted by molar-refractivity contribution is 5.60. The highest BCUT2D eigenvalue weighted by atomic mass is 16.5. The molecule has 1 heterocycles. The van der Waals surface area contributed by atoms with Crippen LogP contribution in [0, 0.1) is 13.8 Å². The molecule has 2 unspecified atom stereocenters. The zero-order valence-electron chi connectivity index (χ0n) is 12.1. The largest absolute Gasteiger partial charge is 0.379 e. The van der Waals surface area contributed by atoms with Crippen LogP contribution in [-0.2, 0) is 9.53 Å². The van der Waals surface area contributed by atoms with Gasteiger partial charge in [-0.05, 0) is 25.0 Å². The first-order valence-corrected chi connectivity index (χ1v) is 6.97. The molecule has 3 heteroatoms. The minimum atomic E-state index is -0.0506. The molecule has 0 amide bonds. The maximum absolute atomic E-state index is 11.5. The number of nitrogens with zero attached hydrogens (tertiary/aromatic N) is 1. The predicted octanol–water partition coefficient (Wildman–Crippen LogP) is 2.31. The van der Waals surface area contributed by atoms with E-state index in [1.807, 2.05) is 0 Å². The molecular formula is C16H23NO2. The van der Waals surface area contributed by atoms with Crippen LogP contribution in [0.5, 0.6) is 0 Å². The second-order valence-electron chi connectivity index (χ2n) is 5.42. The quantitative estimate of drug-likeness (QED) is 0.779. The molecule has 0 spiro atoms. The topological polar surface area (TPSA) is 29.5 Å². The van der Waals surface area contributed by atoms with Crippen LogP contribution in [0.15, 0.2) is 18.2 Å². The molecule has 104 valence electrons. The van der Waals surface area contributed by atoms with Crippen LogP contribution < -0.4 is 0 Å². The van der Waals surface area contributed by atoms with Crippen molar-refractivity contribution in [1.29, 1.82) is 0 Å². The number of benzene rings is 1. The molecule has 1 fully saturated rings. The van der Waals surface area contributed by atoms with E-state index >= 15 is 0 Å². The predicted molar refractivity (Wildman–Crippen MR) is 76.6 cm³/mol. The molecular weight excluding hydrogens is 238 g/mol. The summed E-state index contributed by atoms with van der Waals surface area (Å²) in [5.41, 5.74) is 3.81. The second kappa shape index (κ2) is 6.31. The van der Waals surface area contributed by atoms with Crippen molar-refractivity contribution >= 4 is 6.29 Å². The van der Waals surface area contributed by atoms with E-state index in [0.29, 0.717) is 0 Å². The molecule has 19 heavy (non-hydrogen) atoms. The Morgan fingerprint density at radius 2 is 1.95 bits per heavy atom. The van der Waals surface area contributed by atoms with Gasteiger partial charge < -0.3 is 9.53 Å². The van der Waals surface area contributed by atoms with Crippen molar-refractivity contribution in [2.75, 3.05) is 26.3 Å². The Morgan fingerprint density at radius 3 is 2.53 bits per heavy atom. The molecule has 1 aromatic carbocycles. The van der Waals surface area contributed by atoms with Gasteiger partial charge in [0.1, 0.15) is 6.29 Å². The van der Waals surface area contributed by atoms with Gasteiger partial charge in [0.25, 0.3) is 0 Å². The molecule has 0 radical (unpaired) electrons. The summed E-state index contributed by atoms with van der Waals surface area (Å²) in [5.74, 6) is 0.219. The van der Waals surface area contributed by atoms with Gasteiger partial charge in [-0.15, -0.1) is 0 Å². The van der Waals surface area contributed by atoms with Gasteiger partial charge in [-0.1, -0.05) is 30.7 Å². The number of rotatable bonds is 4. The Kier molecular flexibility index (Phi) is 4.72. The summed E-state index contributed by atoms with van der Waals surface area (Å²) >= 11 is 0. The fourth-order valence-electron chi connectivity index (χ4n) is 2.92. The van der Waals surface area contributed by atoms with Crippen LogP contribution in [0.2, 0.25) is 0 Å². The molecule has 0 saturated carbocycles. The Labute approximate surface area is 115 Å². The lowest BCUT2D eigenvalue weighted by Crippen LogP contribution is -2.46. The first-order chi connectivity index (χ1) is 9.13. The summed E-state index contributed by atoms with van der Waals surface area (Å²) < 4.78 is 5.36. The van der Waals surface area contributed by atoms with Gasteiger partial charge in [-0.25, -0.2) is 0 Å². The molecule has 0 bridgehead atoms. The lowest BCUT2D eigenvalue weighted by Gasteiger charge is -2.35. The van der Waals surface area contributed by atoms with Crippen molar-refractivity contribution in [3.8, 4) is 0 Å². The van der Waals surface area contributed by atoms with Crippen LogP contribution in [0.4, 0.5) is 0 Å². The lowest BCUT2D eigenvalue weighted by atomic mass is 9.89. The number of aryl methyl sites for hydroxylation is 2. The number of ether oxygens (including phenoxy) is 1. The average Bonchev–Trinajstić information content (AvgIpc) is 2.40. The lowest BCUT2D eigenvalue weighted by molar-refractivity contribution is -0.114. The Bertz CT molecular complexity index is 438. The molecule has 2 rings (SSSR count). The third kappa shape index (κ3) is 3.23. The first kappa shape index (κ1) is 14.2. The normalized spacial score (nSPS) is 19.9. The SMILES string of the molecule is Cc1ccc(C(C)C(C=O)N2CCOCC2)c(C)c1. The summed E-state index contributed by atoms with van der Waals surface area (Å²) in [6, 6.07) is 6.42. The Balaban J connectivity index is 2.19. The third-order valence-corrected chi connectivity index (χ3v) is 4.03. The maximum atomic E-state index is 11.5. The minimum Gasteiger partial charge on any atom is -0.379 e. The summed E-state index contributed by atoms with van der Waals surface area (Å²) in [7, 11) is 0. The number of aldehydes is 1. The molecule has 0 N–H and O–H groups in total. The molecule has 0 aromatic heterocycles. The smallest absolute Gasteiger partial charge is 0.137 e. The van der Waals surface area contributed by atoms with Crippen molar-refractivity contribution < 1.29 is 9.53 Å². The minimum absolute atomic E-state index is 0.0506. The summed E-state index contributed by atoms with van der Waals surface area (Å²) in [6.07, 6.45) is 1.09. The zero-order chi connectivity index (χ0) is 13.8. The summed E-state index contributed by atoms with van der Waals surface area (Å²) in [6.45, 7) is 9.51. The number of carbonyl (C=O) groups is 1. The van der Waals surface area contributed by atoms with E-state index in [9.17, 15) is 4.79 Å². The number of morpholine rings is 1. The highest BCUT2D eigenvalue weighted by Crippen LogP contribution is 2.26. The molecule has 1 aliphatic rings. The van der Waals surface area contributed by atoms with E-state index in [4.69, 9.17) is 4.74 Å². The van der Waals surface area contributed by atoms with Crippen molar-refractivity contribution in [2.45, 2.75) is 32.7 Å². The van der Waals surface area contributed by atoms with Gasteiger partial charge in [-0.2, -0.15) is 0 Å². The van der Waals surface area contributed by atoms with Gasteiger partial charge >= 0.3 is 0 Å². The molecule has 1 saturated heterocycles. The van der Waals surface area contributed by atoms with Crippen molar-refractivity contribution in [2.24, 2.45) is 0 Å². The van der Waals surface area contributed by atoms with Gasteiger partial charge in [0.2, 0.25) is 0 Å². The monoisotopic (exact) mass is 261 g/mol. The second-order valence-corrected chi connectivity index (χ2v) is 5.42. The number of hydrogen-bond donors (Lipinski definition) is 0. The van der Waals surface area contributed by atoms with Gasteiger partial charge in [0.15, 0.2) is 0 Å². The maximum Gasteiger partial charge on any atom is 0.137 e. The van der Waals surface area contributed by atoms with Gasteiger partial charge in [-0.3, -0.25) is 4.90 Å². The molecule has 3 nitrogen and oxygen atoms in total. The van der Waals surface area contributed by atoms with Gasteiger partial charge in [0, 0.05) is 19.0 Å². The third-order valence-electron chi connectivity index (χ3n) is 4.03. The fraction of sp³-hybridized carbons (Fsp3) is 0.562. The van der Waals surface area contributed by atoms with Crippen LogP contribution >= 0.6 is 0 Å². The van der Waals surface area contributed by atoms with Crippen molar-refractivity contribution in [3.05, 3.63) is 34.9 Å². The number of hydrogen-bond acceptors (Lipinski definition) is 3. The van der Waals surface area contributed by atoms with E-state index in [2.05, 4.69) is 43.9 Å². The summed E-state index contributed by atoms with van der Waals surface area (Å²) in [4.78, 5) is 13.8. The van der Waals surface area contributed by atoms with Gasteiger partial charge in [0.05, 0.1) is 19.3 Å². The van der Waals surface area contributed by atoms with Crippen LogP contribution in [-0.4, -0.2) is 43.5 Å². The van der Waals surface area contributed by atoms with E-state index in [0.717, 1.165) is 32.6 Å². The Hall–Kier alpha value is -1.19. The molecule has 1 aliphatic heterocycles. The van der Waals surface area contributed by atoms with Crippen molar-refractivity contribution in [3.63, 3.8) is 0 Å². The molecule has 0 aliphatic carbocycles. The fourth-order valence-corrected chi connectivity index (χ4v) is 2.92. The van der Waals surface area contributed by atoms with Crippen LogP contribution in [0.25, 0.3) is 0 Å². The van der Waals surface area contributed by atoms with E-state index in [1.165, 1.54) is 16.7 Å². The van der Waals surface area contributed by atoms with Crippen molar-refractivity contribution in [1.82, 2.24) is 4.90 Å². The van der Waals surface area contributed by atoms with E-state index < -0.39 is 0 Å². The molecule has 1 aromatic rings. The average molecular weight is 261 g/mol. The molecule has 2 atom stereocenters. The van der Waals surface area contributed by atoms with E-state index in [1.54, 1.807) is 0 Å². The number of carbonyl (C=O) groups excluding carboxylic acids is 1. The zero-order valence-corrected chi connectivity index (χ0v) is 12.1. The van der Waals surface area contributed by atoms with Crippen LogP contribution in [0.3, 0.4) is 0 Å². The standard InChI is InChI=1S/C16H23NO2/c1-12-4-5-15(13(2)10-12)14(3)16(11-18)17-6-8-19-9-7-17/h4-5,10-11,14,16H,6-9H2,1-3H3. The Morgan fingerprint density at radius 1 is 1.26 bits per heavy atom.